The molecule has 5 rings (SSSR count). The molecule has 2 heterocycles. The molecular formula is C27H23N5O5S. The molecule has 0 spiro atoms. The molecule has 11 heteroatoms. The van der Waals surface area contributed by atoms with E-state index in [1.54, 1.807) is 66.7 Å². The molecule has 0 radical (unpaired) electrons. The second-order valence-electron chi connectivity index (χ2n) is 8.22. The van der Waals surface area contributed by atoms with Gasteiger partial charge in [0.25, 0.3) is 15.6 Å². The predicted molar refractivity (Wildman–Crippen MR) is 145 cm³/mol. The van der Waals surface area contributed by atoms with Crippen LogP contribution in [0.4, 0.5) is 11.6 Å². The topological polar surface area (TPSA) is 138 Å². The third-order valence-electron chi connectivity index (χ3n) is 5.89. The van der Waals surface area contributed by atoms with E-state index in [2.05, 4.69) is 14.7 Å². The lowest BCUT2D eigenvalue weighted by atomic mass is 10.0. The van der Waals surface area contributed by atoms with Gasteiger partial charge in [-0.25, -0.2) is 23.0 Å². The lowest BCUT2D eigenvalue weighted by Crippen LogP contribution is -2.23. The Morgan fingerprint density at radius 2 is 1.63 bits per heavy atom. The fourth-order valence-corrected chi connectivity index (χ4v) is 5.31. The number of fused-ring (bicyclic) bond motifs is 1. The van der Waals surface area contributed by atoms with Crippen LogP contribution in [0, 0.1) is 0 Å². The summed E-state index contributed by atoms with van der Waals surface area (Å²) >= 11 is 0. The summed E-state index contributed by atoms with van der Waals surface area (Å²) in [6.45, 7) is 0. The zero-order valence-corrected chi connectivity index (χ0v) is 21.3. The van der Waals surface area contributed by atoms with Gasteiger partial charge in [0.1, 0.15) is 16.3 Å². The Morgan fingerprint density at radius 1 is 0.895 bits per heavy atom. The highest BCUT2D eigenvalue weighted by Gasteiger charge is 2.22. The number of hydrogen-bond donors (Lipinski definition) is 2. The van der Waals surface area contributed by atoms with E-state index in [0.29, 0.717) is 27.7 Å². The van der Waals surface area contributed by atoms with Gasteiger partial charge in [-0.2, -0.15) is 0 Å². The molecular weight excluding hydrogens is 506 g/mol. The Balaban J connectivity index is 1.60. The van der Waals surface area contributed by atoms with Gasteiger partial charge in [0.2, 0.25) is 11.8 Å². The van der Waals surface area contributed by atoms with Crippen LogP contribution in [0.5, 0.6) is 11.6 Å². The van der Waals surface area contributed by atoms with Crippen molar-refractivity contribution in [3.8, 4) is 28.4 Å². The molecule has 3 N–H and O–H groups in total. The number of nitrogens with one attached hydrogen (secondary N) is 1. The van der Waals surface area contributed by atoms with Crippen molar-refractivity contribution in [1.82, 2.24) is 14.5 Å². The molecule has 10 nitrogen and oxygen atoms in total. The fourth-order valence-electron chi connectivity index (χ4n) is 4.10. The average molecular weight is 530 g/mol. The molecule has 0 saturated heterocycles. The van der Waals surface area contributed by atoms with Crippen molar-refractivity contribution in [3.05, 3.63) is 95.4 Å². The summed E-state index contributed by atoms with van der Waals surface area (Å²) in [4.78, 5) is 22.0. The number of nitrogen functional groups attached to an aromatic ring is 1. The Hall–Kier alpha value is -4.90. The van der Waals surface area contributed by atoms with Crippen molar-refractivity contribution < 1.29 is 17.9 Å². The molecule has 0 fully saturated rings. The number of aromatic nitrogens is 3. The minimum atomic E-state index is -4.04. The zero-order valence-electron chi connectivity index (χ0n) is 20.5. The van der Waals surface area contributed by atoms with Gasteiger partial charge in [-0.3, -0.25) is 9.52 Å². The van der Waals surface area contributed by atoms with Crippen LogP contribution < -0.4 is 25.5 Å². The summed E-state index contributed by atoms with van der Waals surface area (Å²) in [5.74, 6) is 0.341. The molecule has 0 bridgehead atoms. The minimum Gasteiger partial charge on any atom is -0.495 e. The number of nitrogens with two attached hydrogens (primary N) is 1. The Morgan fingerprint density at radius 3 is 2.37 bits per heavy atom. The van der Waals surface area contributed by atoms with Crippen molar-refractivity contribution >= 4 is 32.6 Å². The number of hydrogen-bond acceptors (Lipinski definition) is 8. The second kappa shape index (κ2) is 9.87. The normalized spacial score (nSPS) is 11.3. The number of anilines is 2. The summed E-state index contributed by atoms with van der Waals surface area (Å²) in [6, 6.07) is 21.9. The van der Waals surface area contributed by atoms with E-state index in [-0.39, 0.29) is 33.7 Å². The van der Waals surface area contributed by atoms with Crippen LogP contribution in [0.3, 0.4) is 0 Å². The number of nitrogens with zero attached hydrogens (tertiary/aromatic N) is 3. The highest BCUT2D eigenvalue weighted by atomic mass is 32.2. The number of pyridine rings is 1. The summed E-state index contributed by atoms with van der Waals surface area (Å²) in [5.41, 5.74) is 8.08. The maximum atomic E-state index is 13.4. The van der Waals surface area contributed by atoms with E-state index >= 15 is 0 Å². The number of para-hydroxylation sites is 2. The van der Waals surface area contributed by atoms with E-state index in [1.165, 1.54) is 31.0 Å². The quantitative estimate of drug-likeness (QED) is 0.324. The number of sulfonamides is 1. The third kappa shape index (κ3) is 4.50. The Kier molecular flexibility index (Phi) is 6.43. The SMILES string of the molecule is COc1ccccc1S(=O)(=O)Nc1cc(-c2ccc3nc(N)n(-c4ccccc4)c(=O)c3c2)cnc1OC. The lowest BCUT2D eigenvalue weighted by molar-refractivity contribution is 0.399. The van der Waals surface area contributed by atoms with Gasteiger partial charge >= 0.3 is 0 Å². The van der Waals surface area contributed by atoms with Crippen molar-refractivity contribution in [2.75, 3.05) is 24.7 Å². The highest BCUT2D eigenvalue weighted by molar-refractivity contribution is 7.92. The molecule has 0 aliphatic carbocycles. The number of ether oxygens (including phenoxy) is 2. The average Bonchev–Trinajstić information content (AvgIpc) is 2.93. The molecule has 0 aliphatic rings. The molecule has 0 amide bonds. The Labute approximate surface area is 218 Å². The molecule has 3 aromatic carbocycles. The van der Waals surface area contributed by atoms with Gasteiger partial charge < -0.3 is 15.2 Å². The van der Waals surface area contributed by atoms with Gasteiger partial charge in [0, 0.05) is 11.8 Å². The van der Waals surface area contributed by atoms with E-state index in [1.807, 2.05) is 6.07 Å². The molecule has 5 aromatic rings. The maximum absolute atomic E-state index is 13.4. The Bertz CT molecular complexity index is 1820. The van der Waals surface area contributed by atoms with E-state index < -0.39 is 10.0 Å². The fraction of sp³-hybridized carbons (Fsp3) is 0.0741. The third-order valence-corrected chi connectivity index (χ3v) is 7.29. The summed E-state index contributed by atoms with van der Waals surface area (Å²) < 4.78 is 40.7. The molecule has 38 heavy (non-hydrogen) atoms. The van der Waals surface area contributed by atoms with Crippen molar-refractivity contribution in [2.45, 2.75) is 4.90 Å². The van der Waals surface area contributed by atoms with Crippen LogP contribution in [0.15, 0.2) is 94.7 Å². The van der Waals surface area contributed by atoms with Crippen LogP contribution in [0.1, 0.15) is 0 Å². The maximum Gasteiger partial charge on any atom is 0.267 e. The van der Waals surface area contributed by atoms with Crippen LogP contribution in [0.2, 0.25) is 0 Å². The zero-order chi connectivity index (χ0) is 26.9. The first kappa shape index (κ1) is 24.8. The van der Waals surface area contributed by atoms with Crippen LogP contribution >= 0.6 is 0 Å². The largest absolute Gasteiger partial charge is 0.495 e. The number of rotatable bonds is 7. The molecule has 0 unspecified atom stereocenters. The predicted octanol–water partition coefficient (Wildman–Crippen LogP) is 3.85. The molecule has 0 saturated carbocycles. The summed E-state index contributed by atoms with van der Waals surface area (Å²) in [5, 5.41) is 0.340. The van der Waals surface area contributed by atoms with Gasteiger partial charge in [-0.15, -0.1) is 0 Å². The van der Waals surface area contributed by atoms with Gasteiger partial charge in [-0.05, 0) is 48.0 Å². The standard InChI is InChI=1S/C27H23N5O5S/c1-36-23-10-6-7-11-24(23)38(34,35)31-22-15-18(16-29-25(22)37-2)17-12-13-21-20(14-17)26(33)32(27(28)30-21)19-8-4-3-5-9-19/h3-16,31H,1-2H3,(H2,28,30). The van der Waals surface area contributed by atoms with Crippen LogP contribution in [0.25, 0.3) is 27.7 Å². The first-order valence-electron chi connectivity index (χ1n) is 11.4. The second-order valence-corrected chi connectivity index (χ2v) is 9.87. The summed E-state index contributed by atoms with van der Waals surface area (Å²) in [7, 11) is -1.26. The molecule has 2 aromatic heterocycles. The van der Waals surface area contributed by atoms with E-state index in [4.69, 9.17) is 15.2 Å². The first-order chi connectivity index (χ1) is 18.3. The molecule has 192 valence electrons. The van der Waals surface area contributed by atoms with E-state index in [9.17, 15) is 13.2 Å². The van der Waals surface area contributed by atoms with Gasteiger partial charge in [0.05, 0.1) is 30.8 Å². The lowest BCUT2D eigenvalue weighted by Gasteiger charge is -2.15. The monoisotopic (exact) mass is 529 g/mol. The van der Waals surface area contributed by atoms with Gasteiger partial charge in [0.15, 0.2) is 0 Å². The first-order valence-corrected chi connectivity index (χ1v) is 12.9. The number of methoxy groups -OCH3 is 2. The smallest absolute Gasteiger partial charge is 0.267 e. The number of benzene rings is 3. The molecule has 0 atom stereocenters. The van der Waals surface area contributed by atoms with Crippen molar-refractivity contribution in [2.24, 2.45) is 0 Å². The van der Waals surface area contributed by atoms with Crippen molar-refractivity contribution in [1.29, 1.82) is 0 Å². The van der Waals surface area contributed by atoms with Crippen molar-refractivity contribution in [3.63, 3.8) is 0 Å². The van der Waals surface area contributed by atoms with Gasteiger partial charge in [-0.1, -0.05) is 36.4 Å². The van der Waals surface area contributed by atoms with Crippen LogP contribution in [-0.4, -0.2) is 37.2 Å². The summed E-state index contributed by atoms with van der Waals surface area (Å²) in [6.07, 6.45) is 1.53. The minimum absolute atomic E-state index is 0.0363. The highest BCUT2D eigenvalue weighted by Crippen LogP contribution is 2.32. The molecule has 0 aliphatic heterocycles. The van der Waals surface area contributed by atoms with Crippen LogP contribution in [-0.2, 0) is 10.0 Å². The van der Waals surface area contributed by atoms with E-state index in [0.717, 1.165) is 0 Å².